The first-order chi connectivity index (χ1) is 10.2. The van der Waals surface area contributed by atoms with Gasteiger partial charge in [0.2, 0.25) is 0 Å². The summed E-state index contributed by atoms with van der Waals surface area (Å²) in [5, 5.41) is -2.12. The van der Waals surface area contributed by atoms with E-state index in [-0.39, 0.29) is 0 Å². The van der Waals surface area contributed by atoms with E-state index in [1.54, 1.807) is 0 Å². The molecule has 12 heteroatoms. The molecular formula is C11H16F6O5S. The van der Waals surface area contributed by atoms with Crippen LogP contribution in [0.3, 0.4) is 0 Å². The van der Waals surface area contributed by atoms with Crippen LogP contribution in [0.4, 0.5) is 26.3 Å². The van der Waals surface area contributed by atoms with Gasteiger partial charge in [-0.1, -0.05) is 0 Å². The summed E-state index contributed by atoms with van der Waals surface area (Å²) in [4.78, 5) is 11.4. The molecule has 0 saturated carbocycles. The van der Waals surface area contributed by atoms with Crippen molar-refractivity contribution in [2.75, 3.05) is 20.0 Å². The molecule has 23 heavy (non-hydrogen) atoms. The standard InChI is InChI=1S/C11H16F6O5S/c1-21-8(11(15,16)17)4-3-7(9(18)22-2)23(19,20)6-5-10(12,13)14/h7-8H,3-6H2,1-2H3. The summed E-state index contributed by atoms with van der Waals surface area (Å²) in [6.07, 6.45) is -15.4. The molecular weight excluding hydrogens is 358 g/mol. The quantitative estimate of drug-likeness (QED) is 0.482. The Labute approximate surface area is 128 Å². The number of sulfone groups is 1. The van der Waals surface area contributed by atoms with Crippen LogP contribution in [0.5, 0.6) is 0 Å². The molecule has 0 aromatic carbocycles. The lowest BCUT2D eigenvalue weighted by atomic mass is 10.1. The van der Waals surface area contributed by atoms with E-state index in [4.69, 9.17) is 0 Å². The highest BCUT2D eigenvalue weighted by Crippen LogP contribution is 2.28. The molecule has 0 rings (SSSR count). The smallest absolute Gasteiger partial charge is 0.414 e. The van der Waals surface area contributed by atoms with Gasteiger partial charge in [0.15, 0.2) is 21.2 Å². The van der Waals surface area contributed by atoms with Crippen molar-refractivity contribution in [3.8, 4) is 0 Å². The summed E-state index contributed by atoms with van der Waals surface area (Å²) in [5.41, 5.74) is 0. The molecule has 5 nitrogen and oxygen atoms in total. The fourth-order valence-electron chi connectivity index (χ4n) is 1.69. The van der Waals surface area contributed by atoms with E-state index >= 15 is 0 Å². The zero-order chi connectivity index (χ0) is 18.5. The molecule has 0 saturated heterocycles. The number of rotatable bonds is 8. The number of methoxy groups -OCH3 is 2. The van der Waals surface area contributed by atoms with E-state index in [1.807, 2.05) is 0 Å². The van der Waals surface area contributed by atoms with Crippen LogP contribution in [0, 0.1) is 0 Å². The average Bonchev–Trinajstić information content (AvgIpc) is 2.38. The summed E-state index contributed by atoms with van der Waals surface area (Å²) in [6, 6.07) is 0. The minimum absolute atomic E-state index is 0.740. The highest BCUT2D eigenvalue weighted by atomic mass is 32.2. The van der Waals surface area contributed by atoms with E-state index in [9.17, 15) is 39.6 Å². The van der Waals surface area contributed by atoms with Gasteiger partial charge in [0.25, 0.3) is 0 Å². The van der Waals surface area contributed by atoms with Crippen molar-refractivity contribution in [2.45, 2.75) is 43.0 Å². The van der Waals surface area contributed by atoms with Gasteiger partial charge in [0.05, 0.1) is 19.3 Å². The van der Waals surface area contributed by atoms with E-state index < -0.39 is 64.5 Å². The zero-order valence-electron chi connectivity index (χ0n) is 12.2. The van der Waals surface area contributed by atoms with Gasteiger partial charge in [-0.15, -0.1) is 0 Å². The van der Waals surface area contributed by atoms with Gasteiger partial charge in [-0.2, -0.15) is 26.3 Å². The Kier molecular flexibility index (Phi) is 7.81. The number of carbonyl (C=O) groups is 1. The minimum atomic E-state index is -4.80. The van der Waals surface area contributed by atoms with Crippen LogP contribution in [-0.4, -0.2) is 58.1 Å². The van der Waals surface area contributed by atoms with Crippen molar-refractivity contribution in [3.63, 3.8) is 0 Å². The predicted molar refractivity (Wildman–Crippen MR) is 66.3 cm³/mol. The van der Waals surface area contributed by atoms with Gasteiger partial charge in [0, 0.05) is 7.11 Å². The minimum Gasteiger partial charge on any atom is -0.468 e. The molecule has 0 heterocycles. The van der Waals surface area contributed by atoms with Gasteiger partial charge in [0.1, 0.15) is 0 Å². The molecule has 0 N–H and O–H groups in total. The molecule has 0 amide bonds. The second-order valence-electron chi connectivity index (χ2n) is 4.59. The maximum Gasteiger partial charge on any atom is 0.414 e. The molecule has 0 aromatic rings. The molecule has 2 atom stereocenters. The van der Waals surface area contributed by atoms with Crippen LogP contribution in [0.15, 0.2) is 0 Å². The Morgan fingerprint density at radius 3 is 1.91 bits per heavy atom. The van der Waals surface area contributed by atoms with Crippen LogP contribution in [0.2, 0.25) is 0 Å². The van der Waals surface area contributed by atoms with Crippen molar-refractivity contribution in [1.29, 1.82) is 0 Å². The number of carbonyl (C=O) groups excluding carboxylic acids is 1. The third-order valence-corrected chi connectivity index (χ3v) is 4.98. The van der Waals surface area contributed by atoms with Crippen molar-refractivity contribution >= 4 is 15.8 Å². The van der Waals surface area contributed by atoms with Crippen LogP contribution in [0.25, 0.3) is 0 Å². The molecule has 0 aliphatic heterocycles. The average molecular weight is 374 g/mol. The normalized spacial score (nSPS) is 16.0. The summed E-state index contributed by atoms with van der Waals surface area (Å²) in [7, 11) is -3.11. The van der Waals surface area contributed by atoms with Crippen molar-refractivity contribution < 1.29 is 49.0 Å². The number of halogens is 6. The Bertz CT molecular complexity index is 484. The lowest BCUT2D eigenvalue weighted by molar-refractivity contribution is -0.214. The molecule has 0 spiro atoms. The van der Waals surface area contributed by atoms with Crippen molar-refractivity contribution in [1.82, 2.24) is 0 Å². The first kappa shape index (κ1) is 22.0. The molecule has 0 aromatic heterocycles. The topological polar surface area (TPSA) is 69.7 Å². The number of esters is 1. The second-order valence-corrected chi connectivity index (χ2v) is 6.89. The fourth-order valence-corrected chi connectivity index (χ4v) is 3.38. The van der Waals surface area contributed by atoms with Crippen LogP contribution in [-0.2, 0) is 24.1 Å². The number of ether oxygens (including phenoxy) is 2. The Balaban J connectivity index is 5.12. The van der Waals surface area contributed by atoms with Gasteiger partial charge in [-0.3, -0.25) is 4.79 Å². The van der Waals surface area contributed by atoms with E-state index in [0.717, 1.165) is 14.2 Å². The monoisotopic (exact) mass is 374 g/mol. The molecule has 138 valence electrons. The summed E-state index contributed by atoms with van der Waals surface area (Å²) in [5.74, 6) is -2.83. The predicted octanol–water partition coefficient (Wildman–Crippen LogP) is 2.25. The first-order valence-corrected chi connectivity index (χ1v) is 7.91. The largest absolute Gasteiger partial charge is 0.468 e. The number of hydrogen-bond acceptors (Lipinski definition) is 5. The SMILES string of the molecule is COC(=O)C(CCC(OC)C(F)(F)F)S(=O)(=O)CCC(F)(F)F. The van der Waals surface area contributed by atoms with Gasteiger partial charge >= 0.3 is 18.3 Å². The summed E-state index contributed by atoms with van der Waals surface area (Å²) >= 11 is 0. The lowest BCUT2D eigenvalue weighted by Crippen LogP contribution is -2.37. The van der Waals surface area contributed by atoms with E-state index in [2.05, 4.69) is 9.47 Å². The number of hydrogen-bond donors (Lipinski definition) is 0. The third-order valence-electron chi connectivity index (χ3n) is 2.91. The van der Waals surface area contributed by atoms with Crippen molar-refractivity contribution in [3.05, 3.63) is 0 Å². The molecule has 0 aliphatic carbocycles. The maximum atomic E-state index is 12.5. The second kappa shape index (κ2) is 8.18. The van der Waals surface area contributed by atoms with Gasteiger partial charge in [-0.05, 0) is 12.8 Å². The van der Waals surface area contributed by atoms with E-state index in [1.165, 1.54) is 0 Å². The molecule has 0 radical (unpaired) electrons. The molecule has 2 unspecified atom stereocenters. The Hall–Kier alpha value is -1.04. The van der Waals surface area contributed by atoms with Crippen LogP contribution < -0.4 is 0 Å². The third kappa shape index (κ3) is 7.86. The van der Waals surface area contributed by atoms with Gasteiger partial charge < -0.3 is 9.47 Å². The Morgan fingerprint density at radius 2 is 1.57 bits per heavy atom. The zero-order valence-corrected chi connectivity index (χ0v) is 13.0. The van der Waals surface area contributed by atoms with Crippen LogP contribution >= 0.6 is 0 Å². The lowest BCUT2D eigenvalue weighted by Gasteiger charge is -2.21. The van der Waals surface area contributed by atoms with Gasteiger partial charge in [-0.25, -0.2) is 8.42 Å². The molecule has 0 bridgehead atoms. The fraction of sp³-hybridized carbons (Fsp3) is 0.909. The molecule has 0 fully saturated rings. The first-order valence-electron chi connectivity index (χ1n) is 6.20. The van der Waals surface area contributed by atoms with Crippen molar-refractivity contribution in [2.24, 2.45) is 0 Å². The van der Waals surface area contributed by atoms with Crippen LogP contribution in [0.1, 0.15) is 19.3 Å². The summed E-state index contributed by atoms with van der Waals surface area (Å²) < 4.78 is 106. The highest BCUT2D eigenvalue weighted by molar-refractivity contribution is 7.92. The summed E-state index contributed by atoms with van der Waals surface area (Å²) in [6.45, 7) is 0. The Morgan fingerprint density at radius 1 is 1.04 bits per heavy atom. The molecule has 0 aliphatic rings. The van der Waals surface area contributed by atoms with E-state index in [0.29, 0.717) is 0 Å². The maximum absolute atomic E-state index is 12.5. The number of alkyl halides is 6. The highest BCUT2D eigenvalue weighted by Gasteiger charge is 2.43.